The minimum atomic E-state index is -0.979. The van der Waals surface area contributed by atoms with Gasteiger partial charge in [-0.05, 0) is 16.9 Å². The number of carboxylic acid groups (broad SMARTS) is 1. The fourth-order valence-corrected chi connectivity index (χ4v) is 1.60. The summed E-state index contributed by atoms with van der Waals surface area (Å²) in [7, 11) is 0. The van der Waals surface area contributed by atoms with E-state index in [1.165, 1.54) is 0 Å². The van der Waals surface area contributed by atoms with Crippen molar-refractivity contribution in [1.29, 1.82) is 0 Å². The Hall–Kier alpha value is -1.03. The quantitative estimate of drug-likeness (QED) is 0.831. The Morgan fingerprint density at radius 1 is 1.57 bits per heavy atom. The van der Waals surface area contributed by atoms with E-state index in [1.54, 1.807) is 12.3 Å². The predicted octanol–water partition coefficient (Wildman–Crippen LogP) is 2.42. The van der Waals surface area contributed by atoms with Crippen molar-refractivity contribution < 1.29 is 9.90 Å². The van der Waals surface area contributed by atoms with Crippen LogP contribution in [0.5, 0.6) is 0 Å². The second kappa shape index (κ2) is 5.00. The molecule has 0 saturated carbocycles. The molecular weight excluding hydrogens is 198 g/mol. The molecule has 0 bridgehead atoms. The van der Waals surface area contributed by atoms with Gasteiger partial charge in [-0.1, -0.05) is 19.9 Å². The van der Waals surface area contributed by atoms with Crippen LogP contribution in [0.4, 0.5) is 0 Å². The molecule has 76 valence electrons. The van der Waals surface area contributed by atoms with Crippen molar-refractivity contribution in [3.8, 4) is 0 Å². The lowest BCUT2D eigenvalue weighted by atomic mass is 10.3. The van der Waals surface area contributed by atoms with Crippen LogP contribution in [0.25, 0.3) is 0 Å². The first-order valence-electron chi connectivity index (χ1n) is 4.39. The summed E-state index contributed by atoms with van der Waals surface area (Å²) in [5.74, 6) is -0.0991. The molecule has 3 nitrogen and oxygen atoms in total. The first kappa shape index (κ1) is 11.0. The minimum Gasteiger partial charge on any atom is -0.477 e. The van der Waals surface area contributed by atoms with Gasteiger partial charge >= 0.3 is 5.97 Å². The topological polar surface area (TPSA) is 50.2 Å². The summed E-state index contributed by atoms with van der Waals surface area (Å²) in [6.45, 7) is 4.26. The molecule has 0 atom stereocenters. The number of hydrogen-bond donors (Lipinski definition) is 1. The number of aromatic carboxylic acids is 1. The van der Waals surface area contributed by atoms with E-state index in [0.717, 1.165) is 11.3 Å². The van der Waals surface area contributed by atoms with Gasteiger partial charge in [-0.3, -0.25) is 0 Å². The summed E-state index contributed by atoms with van der Waals surface area (Å²) in [5.41, 5.74) is 1.16. The van der Waals surface area contributed by atoms with E-state index >= 15 is 0 Å². The summed E-state index contributed by atoms with van der Waals surface area (Å²) in [4.78, 5) is 14.4. The summed E-state index contributed by atoms with van der Waals surface area (Å²) in [6.07, 6.45) is 1.62. The number of pyridine rings is 1. The Morgan fingerprint density at radius 3 is 2.71 bits per heavy atom. The predicted molar refractivity (Wildman–Crippen MR) is 57.6 cm³/mol. The normalized spacial score (nSPS) is 10.5. The van der Waals surface area contributed by atoms with Gasteiger partial charge in [-0.2, -0.15) is 11.8 Å². The fourth-order valence-electron chi connectivity index (χ4n) is 0.899. The maximum atomic E-state index is 10.5. The Bertz CT molecular complexity index is 308. The van der Waals surface area contributed by atoms with Crippen LogP contribution in [0.1, 0.15) is 29.9 Å². The van der Waals surface area contributed by atoms with Gasteiger partial charge in [-0.15, -0.1) is 0 Å². The molecule has 0 spiro atoms. The molecule has 1 rings (SSSR count). The van der Waals surface area contributed by atoms with Crippen molar-refractivity contribution >= 4 is 17.7 Å². The number of thioether (sulfide) groups is 1. The van der Waals surface area contributed by atoms with Crippen molar-refractivity contribution in [2.75, 3.05) is 0 Å². The van der Waals surface area contributed by atoms with Crippen LogP contribution in [0.15, 0.2) is 18.3 Å². The van der Waals surface area contributed by atoms with Crippen LogP contribution in [-0.2, 0) is 5.75 Å². The zero-order valence-electron chi connectivity index (χ0n) is 8.23. The first-order chi connectivity index (χ1) is 6.59. The average Bonchev–Trinajstić information content (AvgIpc) is 2.15. The molecule has 1 N–H and O–H groups in total. The average molecular weight is 211 g/mol. The van der Waals surface area contributed by atoms with E-state index in [-0.39, 0.29) is 5.69 Å². The molecule has 4 heteroatoms. The maximum absolute atomic E-state index is 10.5. The Morgan fingerprint density at radius 2 is 2.29 bits per heavy atom. The van der Waals surface area contributed by atoms with E-state index < -0.39 is 5.97 Å². The number of hydrogen-bond acceptors (Lipinski definition) is 3. The lowest BCUT2D eigenvalue weighted by molar-refractivity contribution is 0.0690. The summed E-state index contributed by atoms with van der Waals surface area (Å²) in [6, 6.07) is 3.35. The molecule has 0 radical (unpaired) electrons. The van der Waals surface area contributed by atoms with Crippen LogP contribution in [0, 0.1) is 0 Å². The van der Waals surface area contributed by atoms with Crippen LogP contribution >= 0.6 is 11.8 Å². The van der Waals surface area contributed by atoms with Crippen LogP contribution in [-0.4, -0.2) is 21.3 Å². The smallest absolute Gasteiger partial charge is 0.354 e. The number of aromatic nitrogens is 1. The van der Waals surface area contributed by atoms with E-state index in [0.29, 0.717) is 5.25 Å². The van der Waals surface area contributed by atoms with Crippen molar-refractivity contribution in [3.05, 3.63) is 29.6 Å². The molecule has 1 aromatic rings. The Labute approximate surface area is 87.6 Å². The van der Waals surface area contributed by atoms with E-state index in [2.05, 4.69) is 18.8 Å². The van der Waals surface area contributed by atoms with Gasteiger partial charge < -0.3 is 5.11 Å². The second-order valence-electron chi connectivity index (χ2n) is 3.22. The Kier molecular flexibility index (Phi) is 3.95. The van der Waals surface area contributed by atoms with E-state index in [4.69, 9.17) is 5.11 Å². The van der Waals surface area contributed by atoms with E-state index in [1.807, 2.05) is 17.8 Å². The van der Waals surface area contributed by atoms with Gasteiger partial charge in [0.15, 0.2) is 0 Å². The van der Waals surface area contributed by atoms with E-state index in [9.17, 15) is 4.79 Å². The number of rotatable bonds is 4. The monoisotopic (exact) mass is 211 g/mol. The van der Waals surface area contributed by atoms with Crippen molar-refractivity contribution in [2.24, 2.45) is 0 Å². The van der Waals surface area contributed by atoms with Gasteiger partial charge in [0.1, 0.15) is 5.69 Å². The lowest BCUT2D eigenvalue weighted by Crippen LogP contribution is -2.00. The zero-order chi connectivity index (χ0) is 10.6. The third kappa shape index (κ3) is 3.38. The van der Waals surface area contributed by atoms with Crippen LogP contribution in [0.2, 0.25) is 0 Å². The summed E-state index contributed by atoms with van der Waals surface area (Å²) >= 11 is 1.81. The van der Waals surface area contributed by atoms with Crippen LogP contribution in [0.3, 0.4) is 0 Å². The van der Waals surface area contributed by atoms with Gasteiger partial charge in [0.25, 0.3) is 0 Å². The van der Waals surface area contributed by atoms with Gasteiger partial charge in [0.2, 0.25) is 0 Å². The zero-order valence-corrected chi connectivity index (χ0v) is 9.04. The molecule has 1 heterocycles. The first-order valence-corrected chi connectivity index (χ1v) is 5.44. The molecule has 0 aliphatic rings. The number of nitrogens with zero attached hydrogens (tertiary/aromatic N) is 1. The molecule has 0 aromatic carbocycles. The highest BCUT2D eigenvalue weighted by Gasteiger charge is 2.03. The molecule has 0 saturated heterocycles. The fraction of sp³-hybridized carbons (Fsp3) is 0.400. The number of carboxylic acids is 1. The highest BCUT2D eigenvalue weighted by Crippen LogP contribution is 2.16. The lowest BCUT2D eigenvalue weighted by Gasteiger charge is -2.04. The molecule has 0 aliphatic heterocycles. The summed E-state index contributed by atoms with van der Waals surface area (Å²) in [5, 5.41) is 9.20. The standard InChI is InChI=1S/C10H13NO2S/c1-7(2)14-6-8-3-4-9(10(12)13)11-5-8/h3-5,7H,6H2,1-2H3,(H,12,13). The minimum absolute atomic E-state index is 0.100. The highest BCUT2D eigenvalue weighted by atomic mass is 32.2. The molecule has 1 aromatic heterocycles. The van der Waals surface area contributed by atoms with Crippen LogP contribution < -0.4 is 0 Å². The SMILES string of the molecule is CC(C)SCc1ccc(C(=O)O)nc1. The highest BCUT2D eigenvalue weighted by molar-refractivity contribution is 7.99. The Balaban J connectivity index is 2.60. The molecular formula is C10H13NO2S. The molecule has 0 fully saturated rings. The van der Waals surface area contributed by atoms with Gasteiger partial charge in [-0.25, -0.2) is 9.78 Å². The molecule has 0 unspecified atom stereocenters. The maximum Gasteiger partial charge on any atom is 0.354 e. The largest absolute Gasteiger partial charge is 0.477 e. The molecule has 14 heavy (non-hydrogen) atoms. The third-order valence-electron chi connectivity index (χ3n) is 1.63. The van der Waals surface area contributed by atoms with Crippen molar-refractivity contribution in [2.45, 2.75) is 24.9 Å². The second-order valence-corrected chi connectivity index (χ2v) is 4.78. The number of carbonyl (C=O) groups is 1. The molecule has 0 amide bonds. The van der Waals surface area contributed by atoms with Crippen molar-refractivity contribution in [3.63, 3.8) is 0 Å². The molecule has 0 aliphatic carbocycles. The van der Waals surface area contributed by atoms with Crippen molar-refractivity contribution in [1.82, 2.24) is 4.98 Å². The van der Waals surface area contributed by atoms with Gasteiger partial charge in [0.05, 0.1) is 0 Å². The third-order valence-corrected chi connectivity index (χ3v) is 2.79. The summed E-state index contributed by atoms with van der Waals surface area (Å²) < 4.78 is 0. The van der Waals surface area contributed by atoms with Gasteiger partial charge in [0, 0.05) is 11.9 Å².